The maximum atomic E-state index is 12.3. The molecule has 0 radical (unpaired) electrons. The molecule has 0 aliphatic rings. The van der Waals surface area contributed by atoms with Gasteiger partial charge in [0.1, 0.15) is 11.3 Å². The number of hydrogen-bond donors (Lipinski definition) is 1. The quantitative estimate of drug-likeness (QED) is 0.201. The lowest BCUT2D eigenvalue weighted by Crippen LogP contribution is -2.16. The molecular weight excluding hydrogens is 561 g/mol. The molecule has 0 spiro atoms. The van der Waals surface area contributed by atoms with Crippen molar-refractivity contribution in [2.75, 3.05) is 14.2 Å². The van der Waals surface area contributed by atoms with Crippen molar-refractivity contribution in [3.05, 3.63) is 59.8 Å². The summed E-state index contributed by atoms with van der Waals surface area (Å²) in [7, 11) is 2.73. The molecule has 1 heterocycles. The largest absolute Gasteiger partial charge is 0.496 e. The second-order valence-electron chi connectivity index (χ2n) is 5.64. The summed E-state index contributed by atoms with van der Waals surface area (Å²) < 4.78 is 17.5. The van der Waals surface area contributed by atoms with E-state index in [1.807, 2.05) is 12.1 Å². The SMILES string of the molecule is COc1cc(OC)c([N+](=O)[O-])cc1/C=N\NC(=O)c1cc2cc(Br)cc(I)c2o1. The van der Waals surface area contributed by atoms with Crippen molar-refractivity contribution in [1.29, 1.82) is 0 Å². The number of methoxy groups -OCH3 is 2. The molecule has 9 nitrogen and oxygen atoms in total. The van der Waals surface area contributed by atoms with E-state index in [1.54, 1.807) is 6.07 Å². The molecule has 29 heavy (non-hydrogen) atoms. The third kappa shape index (κ3) is 4.50. The maximum Gasteiger partial charge on any atom is 0.311 e. The summed E-state index contributed by atoms with van der Waals surface area (Å²) in [5.41, 5.74) is 2.97. The predicted octanol–water partition coefficient (Wildman–Crippen LogP) is 4.49. The number of rotatable bonds is 6. The molecule has 1 amide bonds. The van der Waals surface area contributed by atoms with E-state index in [0.29, 0.717) is 16.9 Å². The summed E-state index contributed by atoms with van der Waals surface area (Å²) in [5.74, 6) is -0.128. The van der Waals surface area contributed by atoms with E-state index in [0.717, 1.165) is 13.4 Å². The third-order valence-corrected chi connectivity index (χ3v) is 5.12. The number of halogens is 2. The van der Waals surface area contributed by atoms with Crippen LogP contribution in [0.1, 0.15) is 16.1 Å². The Morgan fingerprint density at radius 2 is 1.97 bits per heavy atom. The Kier molecular flexibility index (Phi) is 6.37. The lowest BCUT2D eigenvalue weighted by Gasteiger charge is -2.08. The summed E-state index contributed by atoms with van der Waals surface area (Å²) in [4.78, 5) is 22.9. The summed E-state index contributed by atoms with van der Waals surface area (Å²) in [6, 6.07) is 7.93. The predicted molar refractivity (Wildman–Crippen MR) is 118 cm³/mol. The van der Waals surface area contributed by atoms with Crippen LogP contribution in [-0.4, -0.2) is 31.3 Å². The van der Waals surface area contributed by atoms with Gasteiger partial charge in [0.25, 0.3) is 0 Å². The van der Waals surface area contributed by atoms with E-state index in [9.17, 15) is 14.9 Å². The fourth-order valence-electron chi connectivity index (χ4n) is 2.55. The number of furan rings is 1. The topological polar surface area (TPSA) is 116 Å². The third-order valence-electron chi connectivity index (χ3n) is 3.86. The van der Waals surface area contributed by atoms with Crippen molar-refractivity contribution < 1.29 is 23.6 Å². The minimum Gasteiger partial charge on any atom is -0.496 e. The van der Waals surface area contributed by atoms with Crippen LogP contribution < -0.4 is 14.9 Å². The van der Waals surface area contributed by atoms with Gasteiger partial charge < -0.3 is 13.9 Å². The zero-order valence-corrected chi connectivity index (χ0v) is 18.8. The summed E-state index contributed by atoms with van der Waals surface area (Å²) in [5, 5.41) is 15.8. The minimum atomic E-state index is -0.581. The standard InChI is InChI=1S/C18H13BrIN3O6/c1-27-14-7-15(28-2)13(23(25)26)4-10(14)8-21-22-18(24)16-5-9-3-11(19)6-12(20)17(9)29-16/h3-8H,1-2H3,(H,22,24)/b21-8-. The zero-order valence-electron chi connectivity index (χ0n) is 15.1. The molecule has 0 atom stereocenters. The lowest BCUT2D eigenvalue weighted by atomic mass is 10.1. The van der Waals surface area contributed by atoms with Crippen LogP contribution in [0.2, 0.25) is 0 Å². The Bertz CT molecular complexity index is 1140. The zero-order chi connectivity index (χ0) is 21.1. The summed E-state index contributed by atoms with van der Waals surface area (Å²) in [6.07, 6.45) is 1.24. The number of hydrazone groups is 1. The highest BCUT2D eigenvalue weighted by molar-refractivity contribution is 14.1. The number of carbonyl (C=O) groups excluding carboxylic acids is 1. The van der Waals surface area contributed by atoms with Crippen LogP contribution in [0.15, 0.2) is 44.3 Å². The van der Waals surface area contributed by atoms with E-state index >= 15 is 0 Å². The maximum absolute atomic E-state index is 12.3. The Morgan fingerprint density at radius 1 is 1.24 bits per heavy atom. The van der Waals surface area contributed by atoms with Gasteiger partial charge in [0, 0.05) is 27.6 Å². The van der Waals surface area contributed by atoms with Crippen LogP contribution in [0.25, 0.3) is 11.0 Å². The molecule has 1 aromatic heterocycles. The van der Waals surface area contributed by atoms with E-state index in [1.165, 1.54) is 32.6 Å². The number of nitrogens with zero attached hydrogens (tertiary/aromatic N) is 2. The van der Waals surface area contributed by atoms with Crippen molar-refractivity contribution >= 4 is 67.3 Å². The molecule has 11 heteroatoms. The van der Waals surface area contributed by atoms with Gasteiger partial charge in [-0.3, -0.25) is 14.9 Å². The van der Waals surface area contributed by atoms with Gasteiger partial charge in [-0.25, -0.2) is 5.43 Å². The molecular formula is C18H13BrIN3O6. The normalized spacial score (nSPS) is 11.0. The van der Waals surface area contributed by atoms with Crippen LogP contribution in [0.5, 0.6) is 11.5 Å². The van der Waals surface area contributed by atoms with Gasteiger partial charge in [0.2, 0.25) is 5.75 Å². The van der Waals surface area contributed by atoms with E-state index in [4.69, 9.17) is 13.9 Å². The first-order valence-electron chi connectivity index (χ1n) is 7.96. The lowest BCUT2D eigenvalue weighted by molar-refractivity contribution is -0.385. The molecule has 1 N–H and O–H groups in total. The number of benzene rings is 2. The number of hydrogen-bond acceptors (Lipinski definition) is 7. The highest BCUT2D eigenvalue weighted by atomic mass is 127. The Labute approximate surface area is 186 Å². The van der Waals surface area contributed by atoms with Gasteiger partial charge in [-0.15, -0.1) is 0 Å². The molecule has 150 valence electrons. The highest BCUT2D eigenvalue weighted by Crippen LogP contribution is 2.33. The Hall–Kier alpha value is -2.67. The van der Waals surface area contributed by atoms with Crippen molar-refractivity contribution in [3.8, 4) is 11.5 Å². The van der Waals surface area contributed by atoms with E-state index in [2.05, 4.69) is 49.0 Å². The number of nitro benzene ring substituents is 1. The van der Waals surface area contributed by atoms with Gasteiger partial charge in [0.15, 0.2) is 5.76 Å². The molecule has 3 aromatic rings. The Balaban J connectivity index is 1.84. The van der Waals surface area contributed by atoms with Gasteiger partial charge in [-0.1, -0.05) is 15.9 Å². The van der Waals surface area contributed by atoms with Crippen molar-refractivity contribution in [2.24, 2.45) is 5.10 Å². The van der Waals surface area contributed by atoms with Crippen LogP contribution in [0, 0.1) is 13.7 Å². The molecule has 0 aliphatic heterocycles. The summed E-state index contributed by atoms with van der Waals surface area (Å²) in [6.45, 7) is 0. The van der Waals surface area contributed by atoms with Gasteiger partial charge >= 0.3 is 11.6 Å². The average Bonchev–Trinajstić information content (AvgIpc) is 3.11. The molecule has 2 aromatic carbocycles. The number of fused-ring (bicyclic) bond motifs is 1. The molecule has 0 unspecified atom stereocenters. The first-order chi connectivity index (χ1) is 13.8. The smallest absolute Gasteiger partial charge is 0.311 e. The number of nitrogens with one attached hydrogen (secondary N) is 1. The van der Waals surface area contributed by atoms with Crippen LogP contribution in [0.4, 0.5) is 5.69 Å². The first kappa shape index (κ1) is 21.0. The molecule has 0 fully saturated rings. The average molecular weight is 574 g/mol. The highest BCUT2D eigenvalue weighted by Gasteiger charge is 2.19. The van der Waals surface area contributed by atoms with Crippen LogP contribution >= 0.6 is 38.5 Å². The monoisotopic (exact) mass is 573 g/mol. The minimum absolute atomic E-state index is 0.0519. The van der Waals surface area contributed by atoms with Crippen molar-refractivity contribution in [3.63, 3.8) is 0 Å². The van der Waals surface area contributed by atoms with Crippen LogP contribution in [0.3, 0.4) is 0 Å². The van der Waals surface area contributed by atoms with Gasteiger partial charge in [-0.2, -0.15) is 5.10 Å². The molecule has 3 rings (SSSR count). The number of amides is 1. The van der Waals surface area contributed by atoms with Crippen LogP contribution in [-0.2, 0) is 0 Å². The molecule has 0 bridgehead atoms. The fourth-order valence-corrected chi connectivity index (χ4v) is 4.21. The van der Waals surface area contributed by atoms with Gasteiger partial charge in [0.05, 0.1) is 28.9 Å². The number of carbonyl (C=O) groups is 1. The molecule has 0 aliphatic carbocycles. The van der Waals surface area contributed by atoms with E-state index < -0.39 is 10.8 Å². The summed E-state index contributed by atoms with van der Waals surface area (Å²) >= 11 is 5.51. The second kappa shape index (κ2) is 8.78. The van der Waals surface area contributed by atoms with Crippen molar-refractivity contribution in [2.45, 2.75) is 0 Å². The molecule has 0 saturated heterocycles. The number of nitro groups is 1. The first-order valence-corrected chi connectivity index (χ1v) is 9.83. The second-order valence-corrected chi connectivity index (χ2v) is 7.72. The molecule has 0 saturated carbocycles. The Morgan fingerprint density at radius 3 is 2.62 bits per heavy atom. The fraction of sp³-hybridized carbons (Fsp3) is 0.111. The van der Waals surface area contributed by atoms with Crippen molar-refractivity contribution in [1.82, 2.24) is 5.43 Å². The van der Waals surface area contributed by atoms with Gasteiger partial charge in [-0.05, 0) is 40.8 Å². The number of ether oxygens (including phenoxy) is 2. The van der Waals surface area contributed by atoms with E-state index in [-0.39, 0.29) is 17.2 Å².